The third-order valence-electron chi connectivity index (χ3n) is 4.56. The lowest BCUT2D eigenvalue weighted by Gasteiger charge is -2.28. The van der Waals surface area contributed by atoms with Gasteiger partial charge in [0.2, 0.25) is 0 Å². The van der Waals surface area contributed by atoms with E-state index >= 15 is 0 Å². The van der Waals surface area contributed by atoms with E-state index < -0.39 is 9.84 Å². The minimum Gasteiger partial charge on any atom is -0.353 e. The van der Waals surface area contributed by atoms with Crippen molar-refractivity contribution in [2.24, 2.45) is 0 Å². The van der Waals surface area contributed by atoms with E-state index in [1.165, 1.54) is 0 Å². The van der Waals surface area contributed by atoms with Crippen LogP contribution in [0.5, 0.6) is 0 Å². The van der Waals surface area contributed by atoms with Crippen LogP contribution in [-0.2, 0) is 9.84 Å². The van der Waals surface area contributed by atoms with Crippen LogP contribution in [-0.4, -0.2) is 43.4 Å². The predicted octanol–water partition coefficient (Wildman–Crippen LogP) is 2.22. The number of amides is 1. The Balaban J connectivity index is 1.77. The molecule has 1 fully saturated rings. The van der Waals surface area contributed by atoms with Crippen molar-refractivity contribution in [2.75, 3.05) is 28.3 Å². The summed E-state index contributed by atoms with van der Waals surface area (Å²) in [5, 5.41) is 11.6. The van der Waals surface area contributed by atoms with Gasteiger partial charge in [0, 0.05) is 30.0 Å². The van der Waals surface area contributed by atoms with Crippen LogP contribution in [0, 0.1) is 11.3 Å². The van der Waals surface area contributed by atoms with Gasteiger partial charge in [0.05, 0.1) is 23.1 Å². The smallest absolute Gasteiger partial charge is 0.255 e. The summed E-state index contributed by atoms with van der Waals surface area (Å²) in [6, 6.07) is 11.8. The fourth-order valence-electron chi connectivity index (χ4n) is 3.18. The van der Waals surface area contributed by atoms with Gasteiger partial charge in [-0.2, -0.15) is 5.26 Å². The lowest BCUT2D eigenvalue weighted by atomic mass is 10.2. The van der Waals surface area contributed by atoms with Crippen molar-refractivity contribution < 1.29 is 13.2 Å². The van der Waals surface area contributed by atoms with Crippen LogP contribution in [0.4, 0.5) is 11.5 Å². The maximum atomic E-state index is 12.5. The SMILES string of the molecule is CCN(c1cc(C(=O)Nc2ccc(C#N)cc2)ccn1)C1CCS(=O)(=O)C1. The van der Waals surface area contributed by atoms with E-state index in [-0.39, 0.29) is 23.5 Å². The van der Waals surface area contributed by atoms with E-state index in [0.717, 1.165) is 0 Å². The van der Waals surface area contributed by atoms with Gasteiger partial charge < -0.3 is 10.2 Å². The molecule has 1 amide bonds. The lowest BCUT2D eigenvalue weighted by molar-refractivity contribution is 0.102. The highest BCUT2D eigenvalue weighted by Crippen LogP contribution is 2.23. The standard InChI is InChI=1S/C19H20N4O3S/c1-2-23(17-8-10-27(25,26)13-17)18-11-15(7-9-21-18)19(24)22-16-5-3-14(12-20)4-6-16/h3-7,9,11,17H,2,8,10,13H2,1H3,(H,22,24). The molecule has 0 radical (unpaired) electrons. The second-order valence-corrected chi connectivity index (χ2v) is 8.62. The number of nitrogens with one attached hydrogen (secondary N) is 1. The van der Waals surface area contributed by atoms with Crippen molar-refractivity contribution in [3.8, 4) is 6.07 Å². The molecular formula is C19H20N4O3S. The summed E-state index contributed by atoms with van der Waals surface area (Å²) in [4.78, 5) is 18.8. The van der Waals surface area contributed by atoms with Crippen molar-refractivity contribution in [1.82, 2.24) is 4.98 Å². The third kappa shape index (κ3) is 4.44. The summed E-state index contributed by atoms with van der Waals surface area (Å²) in [6.45, 7) is 2.55. The lowest BCUT2D eigenvalue weighted by Crippen LogP contribution is -2.36. The molecule has 1 aromatic carbocycles. The number of hydrogen-bond donors (Lipinski definition) is 1. The monoisotopic (exact) mass is 384 g/mol. The highest BCUT2D eigenvalue weighted by Gasteiger charge is 2.32. The van der Waals surface area contributed by atoms with E-state index in [0.29, 0.717) is 35.6 Å². The Labute approximate surface area is 158 Å². The number of anilines is 2. The molecule has 1 aliphatic rings. The first-order valence-electron chi connectivity index (χ1n) is 8.66. The van der Waals surface area contributed by atoms with Crippen molar-refractivity contribution in [1.29, 1.82) is 5.26 Å². The van der Waals surface area contributed by atoms with Gasteiger partial charge in [-0.05, 0) is 49.7 Å². The fraction of sp³-hybridized carbons (Fsp3) is 0.316. The molecule has 0 aliphatic carbocycles. The molecule has 3 rings (SSSR count). The molecule has 0 saturated carbocycles. The number of carbonyl (C=O) groups excluding carboxylic acids is 1. The fourth-order valence-corrected chi connectivity index (χ4v) is 4.91. The molecule has 1 aliphatic heterocycles. The average molecular weight is 384 g/mol. The molecule has 1 N–H and O–H groups in total. The first-order valence-corrected chi connectivity index (χ1v) is 10.5. The van der Waals surface area contributed by atoms with Crippen LogP contribution in [0.2, 0.25) is 0 Å². The topological polar surface area (TPSA) is 103 Å². The zero-order valence-electron chi connectivity index (χ0n) is 14.9. The number of aromatic nitrogens is 1. The summed E-state index contributed by atoms with van der Waals surface area (Å²) in [5.74, 6) is 0.600. The van der Waals surface area contributed by atoms with Gasteiger partial charge in [0.15, 0.2) is 9.84 Å². The highest BCUT2D eigenvalue weighted by atomic mass is 32.2. The van der Waals surface area contributed by atoms with E-state index in [1.54, 1.807) is 42.6 Å². The van der Waals surface area contributed by atoms with Crippen molar-refractivity contribution in [3.63, 3.8) is 0 Å². The molecule has 27 heavy (non-hydrogen) atoms. The van der Waals surface area contributed by atoms with Gasteiger partial charge >= 0.3 is 0 Å². The van der Waals surface area contributed by atoms with Gasteiger partial charge in [0.1, 0.15) is 5.82 Å². The van der Waals surface area contributed by atoms with Crippen molar-refractivity contribution in [2.45, 2.75) is 19.4 Å². The molecule has 2 aromatic rings. The molecule has 7 nitrogen and oxygen atoms in total. The predicted molar refractivity (Wildman–Crippen MR) is 103 cm³/mol. The molecular weight excluding hydrogens is 364 g/mol. The third-order valence-corrected chi connectivity index (χ3v) is 6.31. The zero-order chi connectivity index (χ0) is 19.4. The molecule has 0 bridgehead atoms. The Kier molecular flexibility index (Phi) is 5.42. The first-order chi connectivity index (χ1) is 12.9. The Morgan fingerprint density at radius 2 is 2.07 bits per heavy atom. The number of nitrogens with zero attached hydrogens (tertiary/aromatic N) is 3. The largest absolute Gasteiger partial charge is 0.353 e. The van der Waals surface area contributed by atoms with Gasteiger partial charge in [0.25, 0.3) is 5.91 Å². The van der Waals surface area contributed by atoms with Crippen molar-refractivity contribution in [3.05, 3.63) is 53.7 Å². The number of benzene rings is 1. The highest BCUT2D eigenvalue weighted by molar-refractivity contribution is 7.91. The summed E-state index contributed by atoms with van der Waals surface area (Å²) in [6.07, 6.45) is 2.12. The Morgan fingerprint density at radius 1 is 1.33 bits per heavy atom. The quantitative estimate of drug-likeness (QED) is 0.848. The van der Waals surface area contributed by atoms with E-state index in [4.69, 9.17) is 5.26 Å². The summed E-state index contributed by atoms with van der Waals surface area (Å²) >= 11 is 0. The summed E-state index contributed by atoms with van der Waals surface area (Å²) in [5.41, 5.74) is 1.54. The van der Waals surface area contributed by atoms with Crippen LogP contribution in [0.15, 0.2) is 42.6 Å². The van der Waals surface area contributed by atoms with Crippen molar-refractivity contribution >= 4 is 27.2 Å². The van der Waals surface area contributed by atoms with Crippen LogP contribution >= 0.6 is 0 Å². The Morgan fingerprint density at radius 3 is 2.67 bits per heavy atom. The van der Waals surface area contributed by atoms with E-state index in [9.17, 15) is 13.2 Å². The zero-order valence-corrected chi connectivity index (χ0v) is 15.7. The van der Waals surface area contributed by atoms with Gasteiger partial charge in [-0.3, -0.25) is 4.79 Å². The summed E-state index contributed by atoms with van der Waals surface area (Å²) < 4.78 is 23.6. The molecule has 2 heterocycles. The number of sulfone groups is 1. The number of nitriles is 1. The Bertz CT molecular complexity index is 981. The van der Waals surface area contributed by atoms with E-state index in [2.05, 4.69) is 10.3 Å². The first kappa shape index (κ1) is 18.9. The summed E-state index contributed by atoms with van der Waals surface area (Å²) in [7, 11) is -3.00. The van der Waals surface area contributed by atoms with E-state index in [1.807, 2.05) is 17.9 Å². The van der Waals surface area contributed by atoms with Crippen LogP contribution in [0.3, 0.4) is 0 Å². The minimum absolute atomic E-state index is 0.115. The molecule has 1 atom stereocenters. The molecule has 8 heteroatoms. The average Bonchev–Trinajstić information content (AvgIpc) is 3.02. The number of pyridine rings is 1. The molecule has 140 valence electrons. The minimum atomic E-state index is -3.00. The van der Waals surface area contributed by atoms with Gasteiger partial charge in [-0.15, -0.1) is 0 Å². The van der Waals surface area contributed by atoms with Crippen LogP contribution in [0.25, 0.3) is 0 Å². The normalized spacial score (nSPS) is 17.9. The second-order valence-electron chi connectivity index (χ2n) is 6.39. The van der Waals surface area contributed by atoms with Crippen LogP contribution < -0.4 is 10.2 Å². The number of carbonyl (C=O) groups is 1. The molecule has 0 spiro atoms. The molecule has 1 saturated heterocycles. The molecule has 1 aromatic heterocycles. The maximum Gasteiger partial charge on any atom is 0.255 e. The maximum absolute atomic E-state index is 12.5. The molecule has 1 unspecified atom stereocenters. The second kappa shape index (κ2) is 7.76. The van der Waals surface area contributed by atoms with Crippen LogP contribution in [0.1, 0.15) is 29.3 Å². The number of rotatable bonds is 5. The number of hydrogen-bond acceptors (Lipinski definition) is 6. The van der Waals surface area contributed by atoms with Gasteiger partial charge in [-0.1, -0.05) is 0 Å². The Hall–Kier alpha value is -2.92. The van der Waals surface area contributed by atoms with Gasteiger partial charge in [-0.25, -0.2) is 13.4 Å².